The Hall–Kier alpha value is -2.34. The number of benzene rings is 2. The van der Waals surface area contributed by atoms with Crippen molar-refractivity contribution in [1.29, 1.82) is 0 Å². The maximum Gasteiger partial charge on any atom is 0.265 e. The number of hydrogen-bond donors (Lipinski definition) is 1. The SMILES string of the molecule is CC(=O)N1CCc2cc(NC(=O)[C@H](C)Oc3ccc(C)cc3Br)ccc21. The number of nitrogens with one attached hydrogen (secondary N) is 1. The van der Waals surface area contributed by atoms with Gasteiger partial charge >= 0.3 is 0 Å². The lowest BCUT2D eigenvalue weighted by Gasteiger charge is -2.17. The molecule has 6 heteroatoms. The molecule has 0 saturated carbocycles. The molecule has 5 nitrogen and oxygen atoms in total. The maximum atomic E-state index is 12.5. The molecule has 2 aromatic carbocycles. The quantitative estimate of drug-likeness (QED) is 0.816. The first-order valence-electron chi connectivity index (χ1n) is 8.50. The topological polar surface area (TPSA) is 58.6 Å². The van der Waals surface area contributed by atoms with Gasteiger partial charge in [0.05, 0.1) is 4.47 Å². The molecule has 1 N–H and O–H groups in total. The van der Waals surface area contributed by atoms with Crippen LogP contribution in [0.4, 0.5) is 11.4 Å². The van der Waals surface area contributed by atoms with E-state index in [1.165, 1.54) is 0 Å². The summed E-state index contributed by atoms with van der Waals surface area (Å²) in [6.45, 7) is 5.95. The van der Waals surface area contributed by atoms with Gasteiger partial charge in [-0.25, -0.2) is 0 Å². The zero-order valence-electron chi connectivity index (χ0n) is 15.0. The first-order chi connectivity index (χ1) is 12.3. The van der Waals surface area contributed by atoms with Gasteiger partial charge in [-0.2, -0.15) is 0 Å². The molecule has 26 heavy (non-hydrogen) atoms. The first kappa shape index (κ1) is 18.5. The van der Waals surface area contributed by atoms with Crippen LogP contribution in [0.15, 0.2) is 40.9 Å². The lowest BCUT2D eigenvalue weighted by atomic mass is 10.1. The third kappa shape index (κ3) is 3.90. The molecule has 0 spiro atoms. The molecule has 1 heterocycles. The van der Waals surface area contributed by atoms with E-state index in [9.17, 15) is 9.59 Å². The summed E-state index contributed by atoms with van der Waals surface area (Å²) in [7, 11) is 0. The third-order valence-electron chi connectivity index (χ3n) is 4.38. The molecule has 0 aromatic heterocycles. The Balaban J connectivity index is 1.67. The van der Waals surface area contributed by atoms with Crippen molar-refractivity contribution < 1.29 is 14.3 Å². The molecule has 0 fully saturated rings. The number of hydrogen-bond acceptors (Lipinski definition) is 3. The number of carbonyl (C=O) groups is 2. The molecule has 2 aromatic rings. The molecule has 1 aliphatic heterocycles. The Morgan fingerprint density at radius 3 is 2.69 bits per heavy atom. The van der Waals surface area contributed by atoms with Crippen molar-refractivity contribution in [3.05, 3.63) is 52.0 Å². The highest BCUT2D eigenvalue weighted by molar-refractivity contribution is 9.10. The molecular weight excluding hydrogens is 396 g/mol. The van der Waals surface area contributed by atoms with Gasteiger partial charge in [0.25, 0.3) is 5.91 Å². The van der Waals surface area contributed by atoms with Crippen molar-refractivity contribution in [2.45, 2.75) is 33.3 Å². The van der Waals surface area contributed by atoms with Crippen LogP contribution >= 0.6 is 15.9 Å². The van der Waals surface area contributed by atoms with Crippen LogP contribution in [0.3, 0.4) is 0 Å². The van der Waals surface area contributed by atoms with Gasteiger partial charge in [0.2, 0.25) is 5.91 Å². The van der Waals surface area contributed by atoms with Gasteiger partial charge in [-0.05, 0) is 77.7 Å². The van der Waals surface area contributed by atoms with Crippen LogP contribution in [0.2, 0.25) is 0 Å². The van der Waals surface area contributed by atoms with Gasteiger partial charge < -0.3 is 15.0 Å². The van der Waals surface area contributed by atoms with Crippen LogP contribution in [-0.2, 0) is 16.0 Å². The summed E-state index contributed by atoms with van der Waals surface area (Å²) in [6, 6.07) is 11.3. The molecule has 1 atom stereocenters. The Kier molecular flexibility index (Phi) is 5.32. The van der Waals surface area contributed by atoms with Gasteiger partial charge in [0.15, 0.2) is 6.10 Å². The fourth-order valence-electron chi connectivity index (χ4n) is 3.00. The average molecular weight is 417 g/mol. The standard InChI is InChI=1S/C20H21BrN2O3/c1-12-4-7-19(17(21)10-12)26-13(2)20(25)22-16-5-6-18-15(11-16)8-9-23(18)14(3)24/h4-7,10-11,13H,8-9H2,1-3H3,(H,22,25)/t13-/m0/s1. The molecule has 0 radical (unpaired) electrons. The van der Waals surface area contributed by atoms with Crippen LogP contribution in [-0.4, -0.2) is 24.5 Å². The smallest absolute Gasteiger partial charge is 0.265 e. The average Bonchev–Trinajstić information content (AvgIpc) is 3.00. The normalized spacial score (nSPS) is 13.9. The van der Waals surface area contributed by atoms with Crippen molar-refractivity contribution in [1.82, 2.24) is 0 Å². The summed E-state index contributed by atoms with van der Waals surface area (Å²) in [6.07, 6.45) is 0.150. The van der Waals surface area contributed by atoms with Crippen LogP contribution in [0.25, 0.3) is 0 Å². The van der Waals surface area contributed by atoms with Crippen LogP contribution in [0, 0.1) is 6.92 Å². The van der Waals surface area contributed by atoms with E-state index in [0.29, 0.717) is 18.0 Å². The lowest BCUT2D eigenvalue weighted by Crippen LogP contribution is -2.30. The van der Waals surface area contributed by atoms with E-state index in [4.69, 9.17) is 4.74 Å². The molecule has 0 bridgehead atoms. The van der Waals surface area contributed by atoms with E-state index in [1.54, 1.807) is 18.7 Å². The molecule has 2 amide bonds. The monoisotopic (exact) mass is 416 g/mol. The highest BCUT2D eigenvalue weighted by atomic mass is 79.9. The molecule has 3 rings (SSSR count). The van der Waals surface area contributed by atoms with Gasteiger partial charge in [-0.15, -0.1) is 0 Å². The van der Waals surface area contributed by atoms with E-state index in [1.807, 2.05) is 43.3 Å². The second-order valence-corrected chi connectivity index (χ2v) is 7.30. The van der Waals surface area contributed by atoms with Crippen molar-refractivity contribution in [3.8, 4) is 5.75 Å². The van der Waals surface area contributed by atoms with E-state index >= 15 is 0 Å². The number of nitrogens with zero attached hydrogens (tertiary/aromatic N) is 1. The summed E-state index contributed by atoms with van der Waals surface area (Å²) in [5.41, 5.74) is 3.80. The van der Waals surface area contributed by atoms with E-state index in [0.717, 1.165) is 27.7 Å². The highest BCUT2D eigenvalue weighted by Crippen LogP contribution is 2.31. The number of anilines is 2. The number of amides is 2. The van der Waals surface area contributed by atoms with Crippen molar-refractivity contribution in [2.24, 2.45) is 0 Å². The summed E-state index contributed by atoms with van der Waals surface area (Å²) in [4.78, 5) is 25.8. The number of fused-ring (bicyclic) bond motifs is 1. The zero-order chi connectivity index (χ0) is 18.8. The number of rotatable bonds is 4. The molecule has 0 saturated heterocycles. The Morgan fingerprint density at radius 1 is 1.23 bits per heavy atom. The van der Waals surface area contributed by atoms with Crippen LogP contribution in [0.1, 0.15) is 25.0 Å². The number of halogens is 1. The Morgan fingerprint density at radius 2 is 2.00 bits per heavy atom. The van der Waals surface area contributed by atoms with Crippen molar-refractivity contribution in [3.63, 3.8) is 0 Å². The number of ether oxygens (including phenoxy) is 1. The zero-order valence-corrected chi connectivity index (χ0v) is 16.6. The highest BCUT2D eigenvalue weighted by Gasteiger charge is 2.23. The minimum absolute atomic E-state index is 0.0335. The summed E-state index contributed by atoms with van der Waals surface area (Å²) in [5, 5.41) is 2.88. The second-order valence-electron chi connectivity index (χ2n) is 6.45. The lowest BCUT2D eigenvalue weighted by molar-refractivity contribution is -0.122. The Labute approximate surface area is 161 Å². The van der Waals surface area contributed by atoms with Gasteiger partial charge in [0, 0.05) is 24.8 Å². The predicted octanol–water partition coefficient (Wildman–Crippen LogP) is 4.07. The number of aryl methyl sites for hydroxylation is 1. The Bertz CT molecular complexity index is 866. The first-order valence-corrected chi connectivity index (χ1v) is 9.29. The van der Waals surface area contributed by atoms with Gasteiger partial charge in [-0.3, -0.25) is 9.59 Å². The maximum absolute atomic E-state index is 12.5. The summed E-state index contributed by atoms with van der Waals surface area (Å²) < 4.78 is 6.58. The fraction of sp³-hybridized carbons (Fsp3) is 0.300. The molecular formula is C20H21BrN2O3. The third-order valence-corrected chi connectivity index (χ3v) is 5.00. The largest absolute Gasteiger partial charge is 0.480 e. The van der Waals surface area contributed by atoms with Crippen molar-refractivity contribution in [2.75, 3.05) is 16.8 Å². The van der Waals surface area contributed by atoms with Crippen LogP contribution in [0.5, 0.6) is 5.75 Å². The molecule has 0 aliphatic carbocycles. The van der Waals surface area contributed by atoms with Gasteiger partial charge in [0.1, 0.15) is 5.75 Å². The molecule has 1 aliphatic rings. The second kappa shape index (κ2) is 7.50. The number of carbonyl (C=O) groups excluding carboxylic acids is 2. The minimum atomic E-state index is -0.643. The molecule has 0 unspecified atom stereocenters. The van der Waals surface area contributed by atoms with Crippen molar-refractivity contribution >= 4 is 39.1 Å². The van der Waals surface area contributed by atoms with E-state index < -0.39 is 6.10 Å². The fourth-order valence-corrected chi connectivity index (χ4v) is 3.58. The molecule has 136 valence electrons. The summed E-state index contributed by atoms with van der Waals surface area (Å²) >= 11 is 3.45. The summed E-state index contributed by atoms with van der Waals surface area (Å²) in [5.74, 6) is 0.439. The van der Waals surface area contributed by atoms with Gasteiger partial charge in [-0.1, -0.05) is 6.07 Å². The van der Waals surface area contributed by atoms with Crippen LogP contribution < -0.4 is 15.0 Å². The van der Waals surface area contributed by atoms with E-state index in [-0.39, 0.29) is 11.8 Å². The van der Waals surface area contributed by atoms with E-state index in [2.05, 4.69) is 21.2 Å². The minimum Gasteiger partial charge on any atom is -0.480 e. The predicted molar refractivity (Wildman–Crippen MR) is 106 cm³/mol.